The molecule has 7 nitrogen and oxygen atoms in total. The molecule has 2 aromatic carbocycles. The Morgan fingerprint density at radius 3 is 2.41 bits per heavy atom. The number of nitrogens with zero attached hydrogens (tertiary/aromatic N) is 3. The zero-order valence-corrected chi connectivity index (χ0v) is 22.8. The van der Waals surface area contributed by atoms with Gasteiger partial charge in [0.1, 0.15) is 10.6 Å². The lowest BCUT2D eigenvalue weighted by Gasteiger charge is -2.37. The zero-order chi connectivity index (χ0) is 26.3. The lowest BCUT2D eigenvalue weighted by molar-refractivity contribution is -0.133. The highest BCUT2D eigenvalue weighted by atomic mass is 32.2. The monoisotopic (exact) mass is 525 g/mol. The third-order valence-electron chi connectivity index (χ3n) is 7.38. The molecule has 0 bridgehead atoms. The summed E-state index contributed by atoms with van der Waals surface area (Å²) >= 11 is 0. The van der Waals surface area contributed by atoms with Gasteiger partial charge in [0, 0.05) is 38.8 Å². The molecule has 0 unspecified atom stereocenters. The van der Waals surface area contributed by atoms with Crippen LogP contribution in [0.4, 0.5) is 0 Å². The molecule has 1 saturated heterocycles. The first-order valence-corrected chi connectivity index (χ1v) is 14.7. The fourth-order valence-corrected chi connectivity index (χ4v) is 7.08. The molecule has 0 aromatic heterocycles. The van der Waals surface area contributed by atoms with Crippen molar-refractivity contribution >= 4 is 22.0 Å². The smallest absolute Gasteiger partial charge is 0.247 e. The molecule has 1 amide bonds. The van der Waals surface area contributed by atoms with Crippen LogP contribution in [0.15, 0.2) is 59.5 Å². The molecule has 0 radical (unpaired) electrons. The SMILES string of the molecule is COc1ccc(C)cc1S(=O)(=O)N(CC(=O)N1CCN(C/C=C/c2ccccc2)CC1)C1CCCCC1. The van der Waals surface area contributed by atoms with Crippen LogP contribution >= 0.6 is 0 Å². The van der Waals surface area contributed by atoms with E-state index in [9.17, 15) is 13.2 Å². The number of ether oxygens (including phenoxy) is 1. The van der Waals surface area contributed by atoms with Crippen molar-refractivity contribution in [3.63, 3.8) is 0 Å². The standard InChI is InChI=1S/C29H39N3O4S/c1-24-15-16-27(36-2)28(22-24)37(34,35)32(26-13-7-4-8-14-26)23-29(33)31-20-18-30(19-21-31)17-9-12-25-10-5-3-6-11-25/h3,5-6,9-12,15-16,22,26H,4,7-8,13-14,17-21,23H2,1-2H3/b12-9+. The Kier molecular flexibility index (Phi) is 9.40. The maximum absolute atomic E-state index is 13.9. The summed E-state index contributed by atoms with van der Waals surface area (Å²) in [5.74, 6) is 0.191. The number of benzene rings is 2. The summed E-state index contributed by atoms with van der Waals surface area (Å²) in [6.45, 7) is 5.31. The fraction of sp³-hybridized carbons (Fsp3) is 0.483. The number of carbonyl (C=O) groups excluding carboxylic acids is 1. The van der Waals surface area contributed by atoms with Gasteiger partial charge in [-0.25, -0.2) is 8.42 Å². The van der Waals surface area contributed by atoms with E-state index in [-0.39, 0.29) is 23.4 Å². The minimum atomic E-state index is -3.91. The Hall–Kier alpha value is -2.68. The van der Waals surface area contributed by atoms with Crippen molar-refractivity contribution in [1.29, 1.82) is 0 Å². The minimum Gasteiger partial charge on any atom is -0.495 e. The Morgan fingerprint density at radius 1 is 1.03 bits per heavy atom. The van der Waals surface area contributed by atoms with Crippen molar-refractivity contribution in [2.75, 3.05) is 46.4 Å². The second-order valence-electron chi connectivity index (χ2n) is 9.99. The summed E-state index contributed by atoms with van der Waals surface area (Å²) in [5.41, 5.74) is 2.01. The number of aryl methyl sites for hydroxylation is 1. The molecule has 1 heterocycles. The third-order valence-corrected chi connectivity index (χ3v) is 9.30. The van der Waals surface area contributed by atoms with Crippen LogP contribution in [0.3, 0.4) is 0 Å². The number of methoxy groups -OCH3 is 1. The first-order valence-electron chi connectivity index (χ1n) is 13.3. The molecule has 0 N–H and O–H groups in total. The largest absolute Gasteiger partial charge is 0.495 e. The normalized spacial score (nSPS) is 18.0. The van der Waals surface area contributed by atoms with Gasteiger partial charge < -0.3 is 9.64 Å². The maximum atomic E-state index is 13.9. The number of piperazine rings is 1. The van der Waals surface area contributed by atoms with Gasteiger partial charge in [-0.3, -0.25) is 9.69 Å². The predicted octanol–water partition coefficient (Wildman–Crippen LogP) is 4.18. The van der Waals surface area contributed by atoms with Crippen LogP contribution in [0, 0.1) is 6.92 Å². The molecule has 2 aliphatic rings. The van der Waals surface area contributed by atoms with E-state index in [0.717, 1.165) is 57.3 Å². The second kappa shape index (κ2) is 12.7. The summed E-state index contributed by atoms with van der Waals surface area (Å²) in [6, 6.07) is 15.2. The third kappa shape index (κ3) is 7.00. The average Bonchev–Trinajstić information content (AvgIpc) is 2.93. The van der Waals surface area contributed by atoms with Gasteiger partial charge in [0.15, 0.2) is 0 Å². The van der Waals surface area contributed by atoms with Gasteiger partial charge in [0.2, 0.25) is 15.9 Å². The number of rotatable bonds is 9. The van der Waals surface area contributed by atoms with Crippen molar-refractivity contribution in [2.45, 2.75) is 50.0 Å². The molecule has 2 aromatic rings. The fourth-order valence-electron chi connectivity index (χ4n) is 5.21. The lowest BCUT2D eigenvalue weighted by Crippen LogP contribution is -2.53. The summed E-state index contributed by atoms with van der Waals surface area (Å²) in [4.78, 5) is 17.7. The predicted molar refractivity (Wildman–Crippen MR) is 147 cm³/mol. The quantitative estimate of drug-likeness (QED) is 0.491. The Morgan fingerprint density at radius 2 is 1.73 bits per heavy atom. The van der Waals surface area contributed by atoms with E-state index in [4.69, 9.17) is 4.74 Å². The highest BCUT2D eigenvalue weighted by Crippen LogP contribution is 2.32. The van der Waals surface area contributed by atoms with Gasteiger partial charge in [-0.05, 0) is 43.0 Å². The number of sulfonamides is 1. The molecule has 200 valence electrons. The van der Waals surface area contributed by atoms with Crippen LogP contribution in [0.25, 0.3) is 6.08 Å². The number of hydrogen-bond acceptors (Lipinski definition) is 5. The van der Waals surface area contributed by atoms with E-state index >= 15 is 0 Å². The van der Waals surface area contributed by atoms with Gasteiger partial charge in [-0.15, -0.1) is 0 Å². The summed E-state index contributed by atoms with van der Waals surface area (Å²) in [6.07, 6.45) is 8.89. The number of carbonyl (C=O) groups is 1. The van der Waals surface area contributed by atoms with Crippen LogP contribution in [0.2, 0.25) is 0 Å². The molecule has 37 heavy (non-hydrogen) atoms. The Labute approximate surface area is 221 Å². The van der Waals surface area contributed by atoms with E-state index in [2.05, 4.69) is 29.2 Å². The highest BCUT2D eigenvalue weighted by molar-refractivity contribution is 7.89. The molecule has 1 aliphatic carbocycles. The van der Waals surface area contributed by atoms with Crippen molar-refractivity contribution in [3.8, 4) is 5.75 Å². The van der Waals surface area contributed by atoms with Gasteiger partial charge in [0.05, 0.1) is 13.7 Å². The van der Waals surface area contributed by atoms with Gasteiger partial charge in [0.25, 0.3) is 0 Å². The molecule has 1 aliphatic heterocycles. The Balaban J connectivity index is 1.42. The second-order valence-corrected chi connectivity index (χ2v) is 11.8. The number of hydrogen-bond donors (Lipinski definition) is 0. The molecule has 4 rings (SSSR count). The van der Waals surface area contributed by atoms with E-state index in [1.54, 1.807) is 12.1 Å². The Bertz CT molecular complexity index is 1170. The van der Waals surface area contributed by atoms with Crippen LogP contribution in [0.1, 0.15) is 43.2 Å². The average molecular weight is 526 g/mol. The minimum absolute atomic E-state index is 0.125. The van der Waals surface area contributed by atoms with E-state index in [1.807, 2.05) is 36.1 Å². The topological polar surface area (TPSA) is 70.2 Å². The van der Waals surface area contributed by atoms with Crippen molar-refractivity contribution in [1.82, 2.24) is 14.1 Å². The van der Waals surface area contributed by atoms with Crippen molar-refractivity contribution in [3.05, 3.63) is 65.7 Å². The van der Waals surface area contributed by atoms with Crippen LogP contribution < -0.4 is 4.74 Å². The lowest BCUT2D eigenvalue weighted by atomic mass is 9.95. The molecule has 2 fully saturated rings. The molecule has 1 saturated carbocycles. The first kappa shape index (κ1) is 27.4. The molecule has 0 atom stereocenters. The summed E-state index contributed by atoms with van der Waals surface area (Å²) < 4.78 is 34.7. The van der Waals surface area contributed by atoms with E-state index in [0.29, 0.717) is 18.8 Å². The molecular weight excluding hydrogens is 486 g/mol. The van der Waals surface area contributed by atoms with Crippen molar-refractivity contribution < 1.29 is 17.9 Å². The van der Waals surface area contributed by atoms with Gasteiger partial charge in [-0.2, -0.15) is 4.31 Å². The molecule has 0 spiro atoms. The van der Waals surface area contributed by atoms with E-state index < -0.39 is 10.0 Å². The van der Waals surface area contributed by atoms with Crippen LogP contribution in [0.5, 0.6) is 5.75 Å². The highest BCUT2D eigenvalue weighted by Gasteiger charge is 2.37. The maximum Gasteiger partial charge on any atom is 0.247 e. The van der Waals surface area contributed by atoms with Crippen molar-refractivity contribution in [2.24, 2.45) is 0 Å². The van der Waals surface area contributed by atoms with Crippen LogP contribution in [-0.2, 0) is 14.8 Å². The number of amides is 1. The van der Waals surface area contributed by atoms with E-state index in [1.165, 1.54) is 17.0 Å². The van der Waals surface area contributed by atoms with Gasteiger partial charge >= 0.3 is 0 Å². The zero-order valence-electron chi connectivity index (χ0n) is 22.0. The first-order chi connectivity index (χ1) is 17.9. The molecular formula is C29H39N3O4S. The van der Waals surface area contributed by atoms with Gasteiger partial charge in [-0.1, -0.05) is 67.8 Å². The van der Waals surface area contributed by atoms with Crippen LogP contribution in [-0.4, -0.2) is 80.9 Å². The molecule has 8 heteroatoms. The summed E-state index contributed by atoms with van der Waals surface area (Å²) in [5, 5.41) is 0. The summed E-state index contributed by atoms with van der Waals surface area (Å²) in [7, 11) is -2.43.